The largest absolute Gasteiger partial charge is 0.398 e. The number of para-hydroxylation sites is 1. The van der Waals surface area contributed by atoms with E-state index >= 15 is 0 Å². The topological polar surface area (TPSA) is 75.4 Å². The van der Waals surface area contributed by atoms with E-state index in [1.165, 1.54) is 0 Å². The molecule has 1 aromatic carbocycles. The number of likely N-dealkylation sites (tertiary alicyclic amines) is 1. The van der Waals surface area contributed by atoms with Crippen molar-refractivity contribution in [2.45, 2.75) is 18.9 Å². The summed E-state index contributed by atoms with van der Waals surface area (Å²) in [7, 11) is 1.75. The maximum absolute atomic E-state index is 12.0. The van der Waals surface area contributed by atoms with Crippen LogP contribution in [-0.2, 0) is 4.79 Å². The summed E-state index contributed by atoms with van der Waals surface area (Å²) >= 11 is 0. The molecule has 1 unspecified atom stereocenters. The molecule has 5 nitrogen and oxygen atoms in total. The van der Waals surface area contributed by atoms with Crippen LogP contribution in [0.1, 0.15) is 23.2 Å². The van der Waals surface area contributed by atoms with E-state index in [0.717, 1.165) is 0 Å². The van der Waals surface area contributed by atoms with Gasteiger partial charge in [0.05, 0.1) is 5.56 Å². The van der Waals surface area contributed by atoms with Crippen molar-refractivity contribution in [1.82, 2.24) is 10.2 Å². The SMILES string of the molecule is CN1CC(NC(=O)c2ccccc2N)CCC1=O.Cl. The first-order chi connectivity index (χ1) is 8.58. The number of nitrogens with one attached hydrogen (secondary N) is 1. The van der Waals surface area contributed by atoms with Gasteiger partial charge in [0, 0.05) is 31.7 Å². The van der Waals surface area contributed by atoms with Gasteiger partial charge in [0.1, 0.15) is 0 Å². The molecule has 1 heterocycles. The van der Waals surface area contributed by atoms with Crippen LogP contribution in [0, 0.1) is 0 Å². The van der Waals surface area contributed by atoms with E-state index < -0.39 is 0 Å². The summed E-state index contributed by atoms with van der Waals surface area (Å²) in [6, 6.07) is 6.97. The Balaban J connectivity index is 0.00000180. The molecular weight excluding hydrogens is 266 g/mol. The first-order valence-electron chi connectivity index (χ1n) is 5.97. The van der Waals surface area contributed by atoms with Crippen molar-refractivity contribution in [3.63, 3.8) is 0 Å². The quantitative estimate of drug-likeness (QED) is 0.797. The summed E-state index contributed by atoms with van der Waals surface area (Å²) in [6.45, 7) is 0.553. The zero-order chi connectivity index (χ0) is 13.1. The highest BCUT2D eigenvalue weighted by Gasteiger charge is 2.24. The number of hydrogen-bond donors (Lipinski definition) is 2. The second-order valence-corrected chi connectivity index (χ2v) is 4.57. The predicted molar refractivity (Wildman–Crippen MR) is 76.2 cm³/mol. The molecule has 0 radical (unpaired) electrons. The van der Waals surface area contributed by atoms with Gasteiger partial charge < -0.3 is 16.0 Å². The van der Waals surface area contributed by atoms with Crippen LogP contribution >= 0.6 is 12.4 Å². The molecular formula is C13H18ClN3O2. The fourth-order valence-electron chi connectivity index (χ4n) is 2.10. The molecule has 2 amide bonds. The third-order valence-corrected chi connectivity index (χ3v) is 3.17. The van der Waals surface area contributed by atoms with Gasteiger partial charge in [-0.15, -0.1) is 12.4 Å². The van der Waals surface area contributed by atoms with Gasteiger partial charge >= 0.3 is 0 Å². The minimum Gasteiger partial charge on any atom is -0.398 e. The molecule has 19 heavy (non-hydrogen) atoms. The molecule has 3 N–H and O–H groups in total. The highest BCUT2D eigenvalue weighted by molar-refractivity contribution is 5.99. The van der Waals surface area contributed by atoms with Gasteiger partial charge in [0.15, 0.2) is 0 Å². The Bertz CT molecular complexity index is 479. The van der Waals surface area contributed by atoms with Crippen LogP contribution in [0.4, 0.5) is 5.69 Å². The van der Waals surface area contributed by atoms with Crippen LogP contribution in [0.15, 0.2) is 24.3 Å². The monoisotopic (exact) mass is 283 g/mol. The number of anilines is 1. The van der Waals surface area contributed by atoms with Crippen molar-refractivity contribution in [3.05, 3.63) is 29.8 Å². The van der Waals surface area contributed by atoms with E-state index in [4.69, 9.17) is 5.73 Å². The normalized spacial score (nSPS) is 18.7. The number of nitrogens with two attached hydrogens (primary N) is 1. The number of hydrogen-bond acceptors (Lipinski definition) is 3. The number of rotatable bonds is 2. The molecule has 1 fully saturated rings. The number of nitrogens with zero attached hydrogens (tertiary/aromatic N) is 1. The molecule has 1 aliphatic heterocycles. The maximum Gasteiger partial charge on any atom is 0.253 e. The van der Waals surface area contributed by atoms with Crippen molar-refractivity contribution in [1.29, 1.82) is 0 Å². The van der Waals surface area contributed by atoms with Crippen molar-refractivity contribution < 1.29 is 9.59 Å². The second-order valence-electron chi connectivity index (χ2n) is 4.57. The lowest BCUT2D eigenvalue weighted by atomic mass is 10.0. The van der Waals surface area contributed by atoms with E-state index in [1.54, 1.807) is 36.2 Å². The van der Waals surface area contributed by atoms with Crippen molar-refractivity contribution in [3.8, 4) is 0 Å². The number of halogens is 1. The first-order valence-corrected chi connectivity index (χ1v) is 5.97. The molecule has 0 aromatic heterocycles. The summed E-state index contributed by atoms with van der Waals surface area (Å²) in [6.07, 6.45) is 1.16. The summed E-state index contributed by atoms with van der Waals surface area (Å²) in [5.74, 6) is -0.0550. The highest BCUT2D eigenvalue weighted by atomic mass is 35.5. The van der Waals surface area contributed by atoms with Crippen molar-refractivity contribution >= 4 is 29.9 Å². The molecule has 0 bridgehead atoms. The molecule has 1 aromatic rings. The number of nitrogen functional groups attached to an aromatic ring is 1. The third-order valence-electron chi connectivity index (χ3n) is 3.17. The lowest BCUT2D eigenvalue weighted by Gasteiger charge is -2.30. The predicted octanol–water partition coefficient (Wildman–Crippen LogP) is 1.04. The maximum atomic E-state index is 12.0. The van der Waals surface area contributed by atoms with E-state index in [-0.39, 0.29) is 30.3 Å². The third kappa shape index (κ3) is 3.61. The summed E-state index contributed by atoms with van der Waals surface area (Å²) in [5, 5.41) is 2.91. The molecule has 2 rings (SSSR count). The molecule has 0 aliphatic carbocycles. The Morgan fingerprint density at radius 2 is 2.11 bits per heavy atom. The fraction of sp³-hybridized carbons (Fsp3) is 0.385. The minimum absolute atomic E-state index is 0. The van der Waals surface area contributed by atoms with Crippen molar-refractivity contribution in [2.24, 2.45) is 0 Å². The molecule has 0 spiro atoms. The van der Waals surface area contributed by atoms with Crippen LogP contribution in [0.3, 0.4) is 0 Å². The molecule has 0 saturated carbocycles. The van der Waals surface area contributed by atoms with Gasteiger partial charge in [-0.1, -0.05) is 12.1 Å². The smallest absolute Gasteiger partial charge is 0.253 e. The lowest BCUT2D eigenvalue weighted by molar-refractivity contribution is -0.132. The van der Waals surface area contributed by atoms with Gasteiger partial charge in [-0.2, -0.15) is 0 Å². The average molecular weight is 284 g/mol. The zero-order valence-electron chi connectivity index (χ0n) is 10.8. The lowest BCUT2D eigenvalue weighted by Crippen LogP contribution is -2.48. The Kier molecular flexibility index (Phi) is 5.18. The molecule has 6 heteroatoms. The molecule has 1 saturated heterocycles. The average Bonchev–Trinajstić information content (AvgIpc) is 2.34. The number of carbonyl (C=O) groups is 2. The minimum atomic E-state index is -0.180. The Labute approximate surface area is 118 Å². The summed E-state index contributed by atoms with van der Waals surface area (Å²) in [4.78, 5) is 25.0. The molecule has 1 atom stereocenters. The summed E-state index contributed by atoms with van der Waals surface area (Å²) in [5.41, 5.74) is 6.70. The van der Waals surface area contributed by atoms with E-state index in [0.29, 0.717) is 30.6 Å². The number of piperidine rings is 1. The Hall–Kier alpha value is -1.75. The van der Waals surface area contributed by atoms with Gasteiger partial charge in [-0.3, -0.25) is 9.59 Å². The number of carbonyl (C=O) groups excluding carboxylic acids is 2. The Morgan fingerprint density at radius 1 is 1.42 bits per heavy atom. The summed E-state index contributed by atoms with van der Waals surface area (Å²) < 4.78 is 0. The van der Waals surface area contributed by atoms with Crippen LogP contribution in [-0.4, -0.2) is 36.3 Å². The second kappa shape index (κ2) is 6.43. The van der Waals surface area contributed by atoms with E-state index in [9.17, 15) is 9.59 Å². The number of benzene rings is 1. The zero-order valence-corrected chi connectivity index (χ0v) is 11.6. The fourth-order valence-corrected chi connectivity index (χ4v) is 2.10. The first kappa shape index (κ1) is 15.3. The number of likely N-dealkylation sites (N-methyl/N-ethyl adjacent to an activating group) is 1. The highest BCUT2D eigenvalue weighted by Crippen LogP contribution is 2.13. The molecule has 104 valence electrons. The van der Waals surface area contributed by atoms with Gasteiger partial charge in [-0.05, 0) is 18.6 Å². The number of amides is 2. The Morgan fingerprint density at radius 3 is 2.74 bits per heavy atom. The van der Waals surface area contributed by atoms with E-state index in [1.807, 2.05) is 0 Å². The molecule has 1 aliphatic rings. The van der Waals surface area contributed by atoms with Gasteiger partial charge in [-0.25, -0.2) is 0 Å². The van der Waals surface area contributed by atoms with E-state index in [2.05, 4.69) is 5.32 Å². The van der Waals surface area contributed by atoms with Gasteiger partial charge in [0.25, 0.3) is 5.91 Å². The van der Waals surface area contributed by atoms with Crippen LogP contribution < -0.4 is 11.1 Å². The standard InChI is InChI=1S/C13H17N3O2.ClH/c1-16-8-9(6-7-12(16)17)15-13(18)10-4-2-3-5-11(10)14;/h2-5,9H,6-8,14H2,1H3,(H,15,18);1H. The van der Waals surface area contributed by atoms with Crippen LogP contribution in [0.2, 0.25) is 0 Å². The van der Waals surface area contributed by atoms with Crippen molar-refractivity contribution in [2.75, 3.05) is 19.3 Å². The van der Waals surface area contributed by atoms with Crippen LogP contribution in [0.25, 0.3) is 0 Å². The van der Waals surface area contributed by atoms with Crippen LogP contribution in [0.5, 0.6) is 0 Å². The van der Waals surface area contributed by atoms with Gasteiger partial charge in [0.2, 0.25) is 5.91 Å².